The fourth-order valence-corrected chi connectivity index (χ4v) is 0.870. The predicted octanol–water partition coefficient (Wildman–Crippen LogP) is 1.58. The molecule has 1 heterocycles. The third kappa shape index (κ3) is 1.54. The number of nitrogens with zero attached hydrogens (tertiary/aromatic N) is 1. The van der Waals surface area contributed by atoms with Gasteiger partial charge in [-0.25, -0.2) is 4.98 Å². The van der Waals surface area contributed by atoms with E-state index in [1.807, 2.05) is 13.0 Å². The lowest BCUT2D eigenvalue weighted by Gasteiger charge is -1.95. The van der Waals surface area contributed by atoms with E-state index >= 15 is 0 Å². The van der Waals surface area contributed by atoms with Crippen molar-refractivity contribution in [2.75, 3.05) is 5.73 Å². The average molecular weight is 234 g/mol. The summed E-state index contributed by atoms with van der Waals surface area (Å²) in [7, 11) is 0. The van der Waals surface area contributed by atoms with Crippen LogP contribution in [0.3, 0.4) is 0 Å². The maximum absolute atomic E-state index is 5.55. The fraction of sp³-hybridized carbons (Fsp3) is 0.167. The van der Waals surface area contributed by atoms with E-state index in [0.717, 1.165) is 15.0 Å². The summed E-state index contributed by atoms with van der Waals surface area (Å²) in [5.41, 5.74) is 7.42. The first-order valence-electron chi connectivity index (χ1n) is 2.58. The Morgan fingerprint density at radius 3 is 2.78 bits per heavy atom. The van der Waals surface area contributed by atoms with Gasteiger partial charge in [0.15, 0.2) is 0 Å². The number of aromatic nitrogens is 1. The van der Waals surface area contributed by atoms with Crippen molar-refractivity contribution in [1.82, 2.24) is 4.98 Å². The van der Waals surface area contributed by atoms with Crippen LogP contribution in [0.15, 0.2) is 12.3 Å². The molecule has 0 aliphatic heterocycles. The molecule has 0 spiro atoms. The van der Waals surface area contributed by atoms with Gasteiger partial charge in [-0.3, -0.25) is 0 Å². The molecule has 0 fully saturated rings. The van der Waals surface area contributed by atoms with E-state index in [2.05, 4.69) is 27.6 Å². The SMILES string of the molecule is Cc1cnc(I)c(N)c1. The van der Waals surface area contributed by atoms with Crippen LogP contribution in [-0.2, 0) is 0 Å². The first-order valence-corrected chi connectivity index (χ1v) is 3.65. The number of halogens is 1. The molecule has 1 rings (SSSR count). The Morgan fingerprint density at radius 1 is 1.67 bits per heavy atom. The molecule has 0 bridgehead atoms. The number of pyridine rings is 1. The van der Waals surface area contributed by atoms with Crippen LogP contribution in [0, 0.1) is 10.6 Å². The Hall–Kier alpha value is -0.320. The normalized spacial score (nSPS) is 9.56. The van der Waals surface area contributed by atoms with Gasteiger partial charge >= 0.3 is 0 Å². The zero-order valence-electron chi connectivity index (χ0n) is 5.06. The highest BCUT2D eigenvalue weighted by atomic mass is 127. The molecule has 3 heteroatoms. The lowest BCUT2D eigenvalue weighted by atomic mass is 10.3. The van der Waals surface area contributed by atoms with Crippen molar-refractivity contribution in [3.05, 3.63) is 21.5 Å². The molecule has 0 aliphatic rings. The molecule has 0 unspecified atom stereocenters. The molecule has 2 nitrogen and oxygen atoms in total. The highest BCUT2D eigenvalue weighted by Gasteiger charge is 1.93. The van der Waals surface area contributed by atoms with Crippen molar-refractivity contribution in [2.45, 2.75) is 6.92 Å². The molecule has 0 atom stereocenters. The Kier molecular flexibility index (Phi) is 1.90. The number of nitrogen functional groups attached to an aromatic ring is 1. The van der Waals surface area contributed by atoms with Crippen LogP contribution in [0.4, 0.5) is 5.69 Å². The van der Waals surface area contributed by atoms with Gasteiger partial charge in [0.1, 0.15) is 3.70 Å². The maximum atomic E-state index is 5.55. The summed E-state index contributed by atoms with van der Waals surface area (Å²) in [5.74, 6) is 0. The second kappa shape index (κ2) is 2.51. The standard InChI is InChI=1S/C6H7IN2/c1-4-2-5(8)6(7)9-3-4/h2-3H,8H2,1H3. The summed E-state index contributed by atoms with van der Waals surface area (Å²) >= 11 is 2.10. The largest absolute Gasteiger partial charge is 0.397 e. The van der Waals surface area contributed by atoms with Gasteiger partial charge < -0.3 is 5.73 Å². The molecular formula is C6H7IN2. The highest BCUT2D eigenvalue weighted by Crippen LogP contribution is 2.11. The third-order valence-corrected chi connectivity index (χ3v) is 1.90. The molecule has 9 heavy (non-hydrogen) atoms. The van der Waals surface area contributed by atoms with Crippen LogP contribution in [0.2, 0.25) is 0 Å². The fourth-order valence-electron chi connectivity index (χ4n) is 0.575. The topological polar surface area (TPSA) is 38.9 Å². The van der Waals surface area contributed by atoms with Crippen molar-refractivity contribution in [1.29, 1.82) is 0 Å². The highest BCUT2D eigenvalue weighted by molar-refractivity contribution is 14.1. The second-order valence-corrected chi connectivity index (χ2v) is 2.91. The molecule has 0 aromatic carbocycles. The number of nitrogens with two attached hydrogens (primary N) is 1. The zero-order valence-corrected chi connectivity index (χ0v) is 7.21. The number of anilines is 1. The Bertz CT molecular complexity index is 222. The summed E-state index contributed by atoms with van der Waals surface area (Å²) in [6, 6.07) is 1.91. The first-order chi connectivity index (χ1) is 4.20. The van der Waals surface area contributed by atoms with Crippen molar-refractivity contribution in [3.8, 4) is 0 Å². The number of aryl methyl sites for hydroxylation is 1. The van der Waals surface area contributed by atoms with Gasteiger partial charge in [0, 0.05) is 6.20 Å². The summed E-state index contributed by atoms with van der Waals surface area (Å²) in [5, 5.41) is 0. The van der Waals surface area contributed by atoms with Gasteiger partial charge in [-0.05, 0) is 41.1 Å². The number of rotatable bonds is 0. The molecule has 0 aliphatic carbocycles. The van der Waals surface area contributed by atoms with E-state index in [1.165, 1.54) is 0 Å². The third-order valence-electron chi connectivity index (χ3n) is 1.00. The van der Waals surface area contributed by atoms with Crippen LogP contribution in [0.5, 0.6) is 0 Å². The Labute approximate surface area is 67.6 Å². The average Bonchev–Trinajstić information content (AvgIpc) is 1.80. The molecule has 0 saturated carbocycles. The van der Waals surface area contributed by atoms with Crippen LogP contribution < -0.4 is 5.73 Å². The molecule has 0 saturated heterocycles. The molecule has 1 aromatic heterocycles. The summed E-state index contributed by atoms with van der Waals surface area (Å²) in [6.07, 6.45) is 1.80. The minimum Gasteiger partial charge on any atom is -0.397 e. The summed E-state index contributed by atoms with van der Waals surface area (Å²) in [4.78, 5) is 4.04. The van der Waals surface area contributed by atoms with Gasteiger partial charge in [0.05, 0.1) is 5.69 Å². The minimum atomic E-state index is 0.760. The van der Waals surface area contributed by atoms with Crippen LogP contribution >= 0.6 is 22.6 Å². The van der Waals surface area contributed by atoms with Crippen molar-refractivity contribution >= 4 is 28.3 Å². The smallest absolute Gasteiger partial charge is 0.124 e. The van der Waals surface area contributed by atoms with Crippen LogP contribution in [0.1, 0.15) is 5.56 Å². The molecular weight excluding hydrogens is 227 g/mol. The van der Waals surface area contributed by atoms with Crippen molar-refractivity contribution in [3.63, 3.8) is 0 Å². The zero-order chi connectivity index (χ0) is 6.85. The molecule has 48 valence electrons. The van der Waals surface area contributed by atoms with Gasteiger partial charge in [0.2, 0.25) is 0 Å². The van der Waals surface area contributed by atoms with E-state index < -0.39 is 0 Å². The van der Waals surface area contributed by atoms with E-state index in [-0.39, 0.29) is 0 Å². The van der Waals surface area contributed by atoms with Gasteiger partial charge in [-0.2, -0.15) is 0 Å². The van der Waals surface area contributed by atoms with Gasteiger partial charge in [-0.15, -0.1) is 0 Å². The van der Waals surface area contributed by atoms with Crippen molar-refractivity contribution in [2.24, 2.45) is 0 Å². The lowest BCUT2D eigenvalue weighted by molar-refractivity contribution is 1.23. The Balaban J connectivity index is 3.17. The van der Waals surface area contributed by atoms with Gasteiger partial charge in [0.25, 0.3) is 0 Å². The van der Waals surface area contributed by atoms with Crippen LogP contribution in [-0.4, -0.2) is 4.98 Å². The first kappa shape index (κ1) is 6.80. The van der Waals surface area contributed by atoms with E-state index in [9.17, 15) is 0 Å². The molecule has 2 N–H and O–H groups in total. The van der Waals surface area contributed by atoms with Gasteiger partial charge in [-0.1, -0.05) is 0 Å². The quantitative estimate of drug-likeness (QED) is 0.546. The van der Waals surface area contributed by atoms with Crippen molar-refractivity contribution < 1.29 is 0 Å². The molecule has 0 amide bonds. The lowest BCUT2D eigenvalue weighted by Crippen LogP contribution is -1.92. The monoisotopic (exact) mass is 234 g/mol. The summed E-state index contributed by atoms with van der Waals surface area (Å²) in [6.45, 7) is 1.97. The minimum absolute atomic E-state index is 0.760. The van der Waals surface area contributed by atoms with E-state index in [0.29, 0.717) is 0 Å². The number of hydrogen-bond acceptors (Lipinski definition) is 2. The molecule has 1 aromatic rings. The van der Waals surface area contributed by atoms with E-state index in [4.69, 9.17) is 5.73 Å². The molecule has 0 radical (unpaired) electrons. The Morgan fingerprint density at radius 2 is 2.33 bits per heavy atom. The maximum Gasteiger partial charge on any atom is 0.124 e. The summed E-state index contributed by atoms with van der Waals surface area (Å²) < 4.78 is 0.873. The van der Waals surface area contributed by atoms with Crippen LogP contribution in [0.25, 0.3) is 0 Å². The predicted molar refractivity (Wildman–Crippen MR) is 46.1 cm³/mol. The van der Waals surface area contributed by atoms with E-state index in [1.54, 1.807) is 6.20 Å². The number of hydrogen-bond donors (Lipinski definition) is 1. The second-order valence-electron chi connectivity index (χ2n) is 1.89.